The molecule has 3 atom stereocenters. The fourth-order valence-electron chi connectivity index (χ4n) is 2.65. The van der Waals surface area contributed by atoms with Crippen molar-refractivity contribution in [2.45, 2.75) is 55.4 Å². The highest BCUT2D eigenvalue weighted by molar-refractivity contribution is 7.99. The zero-order chi connectivity index (χ0) is 15.5. The molecule has 1 aromatic carbocycles. The minimum absolute atomic E-state index is 0.0375. The number of aliphatic hydroxyl groups is 1. The maximum atomic E-state index is 12.4. The lowest BCUT2D eigenvalue weighted by molar-refractivity contribution is 0.199. The number of aliphatic hydroxyl groups excluding tert-OH is 1. The Bertz CT molecular complexity index is 555. The van der Waals surface area contributed by atoms with Gasteiger partial charge in [-0.15, -0.1) is 0 Å². The van der Waals surface area contributed by atoms with Gasteiger partial charge < -0.3 is 5.11 Å². The third-order valence-corrected chi connectivity index (χ3v) is 6.55. The van der Waals surface area contributed by atoms with Crippen LogP contribution in [0.15, 0.2) is 29.2 Å². The average Bonchev–Trinajstić information content (AvgIpc) is 2.86. The molecular formula is C15H23NO3S2. The zero-order valence-electron chi connectivity index (χ0n) is 12.5. The highest BCUT2D eigenvalue weighted by Crippen LogP contribution is 2.30. The first-order valence-corrected chi connectivity index (χ1v) is 9.87. The van der Waals surface area contributed by atoms with Gasteiger partial charge in [0.1, 0.15) is 0 Å². The van der Waals surface area contributed by atoms with E-state index < -0.39 is 16.1 Å². The van der Waals surface area contributed by atoms with Crippen LogP contribution in [0.2, 0.25) is 0 Å². The fraction of sp³-hybridized carbons (Fsp3) is 0.600. The summed E-state index contributed by atoms with van der Waals surface area (Å²) in [5.41, 5.74) is 0.717. The lowest BCUT2D eigenvalue weighted by atomic mass is 10.1. The second-order valence-corrected chi connectivity index (χ2v) is 8.74. The number of thioether (sulfide) groups is 1. The lowest BCUT2D eigenvalue weighted by Crippen LogP contribution is -2.33. The molecule has 2 rings (SSSR count). The van der Waals surface area contributed by atoms with E-state index in [9.17, 15) is 13.5 Å². The van der Waals surface area contributed by atoms with Crippen molar-refractivity contribution in [2.24, 2.45) is 0 Å². The molecule has 118 valence electrons. The number of rotatable bonds is 6. The maximum absolute atomic E-state index is 12.4. The number of nitrogens with one attached hydrogen (secondary N) is 1. The number of sulfonamides is 1. The van der Waals surface area contributed by atoms with Gasteiger partial charge in [0.25, 0.3) is 0 Å². The summed E-state index contributed by atoms with van der Waals surface area (Å²) in [5, 5.41) is 10.0. The molecule has 4 nitrogen and oxygen atoms in total. The highest BCUT2D eigenvalue weighted by Gasteiger charge is 2.28. The van der Waals surface area contributed by atoms with Gasteiger partial charge in [-0.25, -0.2) is 13.1 Å². The van der Waals surface area contributed by atoms with Crippen LogP contribution in [0.25, 0.3) is 0 Å². The molecule has 1 aliphatic carbocycles. The lowest BCUT2D eigenvalue weighted by Gasteiger charge is -2.14. The molecule has 3 unspecified atom stereocenters. The first kappa shape index (κ1) is 16.8. The normalized spacial score (nSPS) is 24.1. The zero-order valence-corrected chi connectivity index (χ0v) is 14.1. The Morgan fingerprint density at radius 1 is 1.33 bits per heavy atom. The summed E-state index contributed by atoms with van der Waals surface area (Å²) in [6.45, 7) is 3.79. The van der Waals surface area contributed by atoms with Gasteiger partial charge in [-0.1, -0.05) is 19.1 Å². The van der Waals surface area contributed by atoms with Gasteiger partial charge in [-0.05, 0) is 49.6 Å². The minimum Gasteiger partial charge on any atom is -0.389 e. The largest absolute Gasteiger partial charge is 0.389 e. The van der Waals surface area contributed by atoms with Crippen LogP contribution in [0, 0.1) is 0 Å². The van der Waals surface area contributed by atoms with Gasteiger partial charge in [0.15, 0.2) is 0 Å². The monoisotopic (exact) mass is 329 g/mol. The Kier molecular flexibility index (Phi) is 5.71. The van der Waals surface area contributed by atoms with Gasteiger partial charge in [-0.2, -0.15) is 11.8 Å². The van der Waals surface area contributed by atoms with Crippen molar-refractivity contribution in [1.82, 2.24) is 4.72 Å². The van der Waals surface area contributed by atoms with Crippen molar-refractivity contribution in [3.63, 3.8) is 0 Å². The highest BCUT2D eigenvalue weighted by atomic mass is 32.2. The molecule has 0 aromatic heterocycles. The van der Waals surface area contributed by atoms with Crippen molar-refractivity contribution in [3.8, 4) is 0 Å². The van der Waals surface area contributed by atoms with Crippen LogP contribution in [0.5, 0.6) is 0 Å². The standard InChI is InChI=1S/C15H23NO3S2/c1-3-20-14-7-6-13(10-14)16-21(18,19)15-8-4-12(5-9-15)11(2)17/h4-5,8-9,11,13-14,16-17H,3,6-7,10H2,1-2H3. The molecule has 0 aliphatic heterocycles. The van der Waals surface area contributed by atoms with Crippen LogP contribution in [0.3, 0.4) is 0 Å². The predicted molar refractivity (Wildman–Crippen MR) is 87.0 cm³/mol. The van der Waals surface area contributed by atoms with Gasteiger partial charge >= 0.3 is 0 Å². The van der Waals surface area contributed by atoms with Crippen LogP contribution in [-0.4, -0.2) is 30.6 Å². The van der Waals surface area contributed by atoms with Gasteiger partial charge in [0, 0.05) is 11.3 Å². The van der Waals surface area contributed by atoms with Gasteiger partial charge in [-0.3, -0.25) is 0 Å². The Hall–Kier alpha value is -0.560. The number of hydrogen-bond acceptors (Lipinski definition) is 4. The van der Waals surface area contributed by atoms with Crippen LogP contribution < -0.4 is 4.72 Å². The summed E-state index contributed by atoms with van der Waals surface area (Å²) in [6, 6.07) is 6.46. The first-order valence-electron chi connectivity index (χ1n) is 7.34. The second kappa shape index (κ2) is 7.13. The van der Waals surface area contributed by atoms with Crippen molar-refractivity contribution >= 4 is 21.8 Å². The Morgan fingerprint density at radius 2 is 2.00 bits per heavy atom. The average molecular weight is 329 g/mol. The molecule has 0 spiro atoms. The van der Waals surface area contributed by atoms with Crippen molar-refractivity contribution in [1.29, 1.82) is 0 Å². The SMILES string of the molecule is CCSC1CCC(NS(=O)(=O)c2ccc(C(C)O)cc2)C1. The van der Waals surface area contributed by atoms with E-state index in [0.717, 1.165) is 25.0 Å². The van der Waals surface area contributed by atoms with Crippen molar-refractivity contribution in [3.05, 3.63) is 29.8 Å². The molecule has 6 heteroatoms. The molecule has 1 fully saturated rings. The van der Waals surface area contributed by atoms with Gasteiger partial charge in [0.05, 0.1) is 11.0 Å². The van der Waals surface area contributed by atoms with E-state index in [1.165, 1.54) is 0 Å². The number of benzene rings is 1. The van der Waals surface area contributed by atoms with Crippen LogP contribution in [0.4, 0.5) is 0 Å². The Labute approximate surface area is 131 Å². The summed E-state index contributed by atoms with van der Waals surface area (Å²) >= 11 is 1.91. The fourth-order valence-corrected chi connectivity index (χ4v) is 5.07. The summed E-state index contributed by atoms with van der Waals surface area (Å²) in [7, 11) is -3.47. The molecule has 0 heterocycles. The molecule has 0 amide bonds. The van der Waals surface area contributed by atoms with Crippen molar-refractivity contribution in [2.75, 3.05) is 5.75 Å². The Morgan fingerprint density at radius 3 is 2.57 bits per heavy atom. The van der Waals surface area contributed by atoms with E-state index in [2.05, 4.69) is 11.6 Å². The first-order chi connectivity index (χ1) is 9.92. The molecule has 1 saturated carbocycles. The smallest absolute Gasteiger partial charge is 0.240 e. The molecule has 0 radical (unpaired) electrons. The molecule has 21 heavy (non-hydrogen) atoms. The predicted octanol–water partition coefficient (Wildman–Crippen LogP) is 2.69. The molecule has 2 N–H and O–H groups in total. The topological polar surface area (TPSA) is 66.4 Å². The summed E-state index contributed by atoms with van der Waals surface area (Å²) in [4.78, 5) is 0.262. The summed E-state index contributed by atoms with van der Waals surface area (Å²) in [6.07, 6.45) is 2.30. The molecule has 0 bridgehead atoms. The molecule has 0 saturated heterocycles. The Balaban J connectivity index is 2.02. The van der Waals surface area contributed by atoms with E-state index in [0.29, 0.717) is 10.8 Å². The molecule has 1 aromatic rings. The second-order valence-electron chi connectivity index (χ2n) is 5.45. The van der Waals surface area contributed by atoms with E-state index >= 15 is 0 Å². The van der Waals surface area contributed by atoms with Crippen molar-refractivity contribution < 1.29 is 13.5 Å². The summed E-state index contributed by atoms with van der Waals surface area (Å²) < 4.78 is 27.5. The van der Waals surface area contributed by atoms with E-state index in [1.54, 1.807) is 31.2 Å². The van der Waals surface area contributed by atoms with Crippen LogP contribution >= 0.6 is 11.8 Å². The quantitative estimate of drug-likeness (QED) is 0.842. The minimum atomic E-state index is -3.47. The van der Waals surface area contributed by atoms with E-state index in [4.69, 9.17) is 0 Å². The van der Waals surface area contributed by atoms with Gasteiger partial charge in [0.2, 0.25) is 10.0 Å². The third kappa shape index (κ3) is 4.45. The maximum Gasteiger partial charge on any atom is 0.240 e. The van der Waals surface area contributed by atoms with Crippen LogP contribution in [-0.2, 0) is 10.0 Å². The number of hydrogen-bond donors (Lipinski definition) is 2. The molecule has 1 aliphatic rings. The van der Waals surface area contributed by atoms with E-state index in [-0.39, 0.29) is 10.9 Å². The summed E-state index contributed by atoms with van der Waals surface area (Å²) in [5.74, 6) is 1.07. The third-order valence-electron chi connectivity index (χ3n) is 3.78. The van der Waals surface area contributed by atoms with E-state index in [1.807, 2.05) is 11.8 Å². The van der Waals surface area contributed by atoms with Crippen LogP contribution in [0.1, 0.15) is 44.8 Å². The molecular weight excluding hydrogens is 306 g/mol.